The average Bonchev–Trinajstić information content (AvgIpc) is 3.15. The van der Waals surface area contributed by atoms with Crippen LogP contribution in [0.25, 0.3) is 10.9 Å². The van der Waals surface area contributed by atoms with E-state index in [1.165, 1.54) is 0 Å². The van der Waals surface area contributed by atoms with E-state index in [-0.39, 0.29) is 18.2 Å². The summed E-state index contributed by atoms with van der Waals surface area (Å²) in [5.41, 5.74) is 5.99. The Morgan fingerprint density at radius 3 is 2.34 bits per heavy atom. The zero-order valence-electron chi connectivity index (χ0n) is 17.7. The Kier molecular flexibility index (Phi) is 6.41. The summed E-state index contributed by atoms with van der Waals surface area (Å²) in [6.07, 6.45) is 3.67. The minimum absolute atomic E-state index is 0.0649. The summed E-state index contributed by atoms with van der Waals surface area (Å²) in [5.74, 6) is -0.518. The van der Waals surface area contributed by atoms with Crippen molar-refractivity contribution in [3.63, 3.8) is 0 Å². The van der Waals surface area contributed by atoms with Gasteiger partial charge in [-0.1, -0.05) is 66.7 Å². The molecule has 1 aromatic heterocycles. The Labute approximate surface area is 186 Å². The standard InChI is InChI=1S/C26H24N4O2/c1-30-18-21(22-14-8-9-15-24(22)30)17-27-29-25(31)16-23(19-10-4-2-5-11-19)28-26(32)20-12-6-3-7-13-20/h2-15,17-18,23H,16H2,1H3,(H,28,32)(H,29,31)/b27-17-/t23-/m1/s1. The Morgan fingerprint density at radius 2 is 1.59 bits per heavy atom. The fourth-order valence-electron chi connectivity index (χ4n) is 3.65. The van der Waals surface area contributed by atoms with Crippen LogP contribution in [-0.2, 0) is 11.8 Å². The lowest BCUT2D eigenvalue weighted by atomic mass is 10.0. The molecule has 0 fully saturated rings. The number of rotatable bonds is 7. The van der Waals surface area contributed by atoms with Crippen LogP contribution in [0.5, 0.6) is 0 Å². The largest absolute Gasteiger partial charge is 0.350 e. The van der Waals surface area contributed by atoms with Gasteiger partial charge < -0.3 is 9.88 Å². The van der Waals surface area contributed by atoms with Crippen LogP contribution in [0.3, 0.4) is 0 Å². The average molecular weight is 425 g/mol. The molecule has 3 aromatic carbocycles. The maximum absolute atomic E-state index is 12.7. The first-order valence-corrected chi connectivity index (χ1v) is 10.4. The van der Waals surface area contributed by atoms with Gasteiger partial charge in [0.25, 0.3) is 5.91 Å². The fourth-order valence-corrected chi connectivity index (χ4v) is 3.65. The lowest BCUT2D eigenvalue weighted by Gasteiger charge is -2.18. The summed E-state index contributed by atoms with van der Waals surface area (Å²) in [7, 11) is 1.97. The number of fused-ring (bicyclic) bond motifs is 1. The summed E-state index contributed by atoms with van der Waals surface area (Å²) >= 11 is 0. The molecule has 0 saturated carbocycles. The van der Waals surface area contributed by atoms with Gasteiger partial charge >= 0.3 is 0 Å². The van der Waals surface area contributed by atoms with Crippen molar-refractivity contribution in [2.24, 2.45) is 12.1 Å². The summed E-state index contributed by atoms with van der Waals surface area (Å²) in [4.78, 5) is 25.3. The number of nitrogens with zero attached hydrogens (tertiary/aromatic N) is 2. The normalized spacial score (nSPS) is 12.0. The number of hydrogen-bond donors (Lipinski definition) is 2. The number of para-hydroxylation sites is 1. The van der Waals surface area contributed by atoms with E-state index in [4.69, 9.17) is 0 Å². The Bertz CT molecular complexity index is 1250. The predicted molar refractivity (Wildman–Crippen MR) is 126 cm³/mol. The van der Waals surface area contributed by atoms with E-state index in [0.717, 1.165) is 22.0 Å². The monoisotopic (exact) mass is 424 g/mol. The molecule has 2 N–H and O–H groups in total. The van der Waals surface area contributed by atoms with Crippen LogP contribution in [0, 0.1) is 0 Å². The summed E-state index contributed by atoms with van der Waals surface area (Å²) < 4.78 is 2.02. The lowest BCUT2D eigenvalue weighted by Crippen LogP contribution is -2.32. The van der Waals surface area contributed by atoms with Gasteiger partial charge in [0, 0.05) is 35.3 Å². The van der Waals surface area contributed by atoms with Crippen LogP contribution >= 0.6 is 0 Å². The number of hydrazone groups is 1. The molecule has 1 heterocycles. The van der Waals surface area contributed by atoms with Crippen molar-refractivity contribution in [3.05, 3.63) is 108 Å². The number of aryl methyl sites for hydroxylation is 1. The van der Waals surface area contributed by atoms with Crippen LogP contribution < -0.4 is 10.7 Å². The maximum atomic E-state index is 12.7. The van der Waals surface area contributed by atoms with Gasteiger partial charge in [-0.2, -0.15) is 5.10 Å². The van der Waals surface area contributed by atoms with Crippen LogP contribution in [0.2, 0.25) is 0 Å². The Balaban J connectivity index is 1.45. The first kappa shape index (κ1) is 21.1. The summed E-state index contributed by atoms with van der Waals surface area (Å²) in [6, 6.07) is 25.9. The van der Waals surface area contributed by atoms with E-state index < -0.39 is 6.04 Å². The van der Waals surface area contributed by atoms with Crippen molar-refractivity contribution in [3.8, 4) is 0 Å². The molecule has 0 radical (unpaired) electrons. The van der Waals surface area contributed by atoms with E-state index in [2.05, 4.69) is 15.8 Å². The molecular weight excluding hydrogens is 400 g/mol. The fraction of sp³-hybridized carbons (Fsp3) is 0.115. The molecule has 1 atom stereocenters. The van der Waals surface area contributed by atoms with Gasteiger partial charge in [0.15, 0.2) is 0 Å². The van der Waals surface area contributed by atoms with E-state index in [1.807, 2.05) is 78.5 Å². The van der Waals surface area contributed by atoms with Gasteiger partial charge in [-0.25, -0.2) is 5.43 Å². The molecule has 4 rings (SSSR count). The third kappa shape index (κ3) is 4.92. The van der Waals surface area contributed by atoms with Crippen molar-refractivity contribution < 1.29 is 9.59 Å². The van der Waals surface area contributed by atoms with Crippen LogP contribution in [0.15, 0.2) is 96.2 Å². The Hall–Kier alpha value is -4.19. The third-order valence-corrected chi connectivity index (χ3v) is 5.25. The first-order chi connectivity index (χ1) is 15.6. The molecule has 160 valence electrons. The maximum Gasteiger partial charge on any atom is 0.251 e. The predicted octanol–water partition coefficient (Wildman–Crippen LogP) is 4.19. The van der Waals surface area contributed by atoms with Crippen molar-refractivity contribution >= 4 is 28.9 Å². The number of amides is 2. The summed E-state index contributed by atoms with van der Waals surface area (Å²) in [6.45, 7) is 0. The SMILES string of the molecule is Cn1cc(/C=N\NC(=O)C[C@@H](NC(=O)c2ccccc2)c2ccccc2)c2ccccc21. The van der Waals surface area contributed by atoms with Gasteiger partial charge in [-0.05, 0) is 23.8 Å². The van der Waals surface area contributed by atoms with E-state index in [0.29, 0.717) is 5.56 Å². The van der Waals surface area contributed by atoms with Crippen molar-refractivity contribution in [2.45, 2.75) is 12.5 Å². The molecule has 4 aromatic rings. The van der Waals surface area contributed by atoms with Crippen LogP contribution in [0.4, 0.5) is 0 Å². The third-order valence-electron chi connectivity index (χ3n) is 5.25. The van der Waals surface area contributed by atoms with Crippen LogP contribution in [-0.4, -0.2) is 22.6 Å². The highest BCUT2D eigenvalue weighted by atomic mass is 16.2. The van der Waals surface area contributed by atoms with Crippen molar-refractivity contribution in [1.29, 1.82) is 0 Å². The Morgan fingerprint density at radius 1 is 0.938 bits per heavy atom. The number of carbonyl (C=O) groups is 2. The molecule has 0 aliphatic carbocycles. The highest BCUT2D eigenvalue weighted by Crippen LogP contribution is 2.19. The zero-order valence-corrected chi connectivity index (χ0v) is 17.7. The van der Waals surface area contributed by atoms with Gasteiger partial charge in [0.2, 0.25) is 5.91 Å². The number of benzene rings is 3. The molecule has 0 bridgehead atoms. The molecule has 0 spiro atoms. The van der Waals surface area contributed by atoms with Gasteiger partial charge in [0.05, 0.1) is 18.7 Å². The van der Waals surface area contributed by atoms with Gasteiger partial charge in [-0.15, -0.1) is 0 Å². The molecule has 6 heteroatoms. The van der Waals surface area contributed by atoms with Crippen LogP contribution in [0.1, 0.15) is 33.9 Å². The molecule has 2 amide bonds. The van der Waals surface area contributed by atoms with Crippen molar-refractivity contribution in [1.82, 2.24) is 15.3 Å². The first-order valence-electron chi connectivity index (χ1n) is 10.4. The number of nitrogens with one attached hydrogen (secondary N) is 2. The summed E-state index contributed by atoms with van der Waals surface area (Å²) in [5, 5.41) is 8.16. The quantitative estimate of drug-likeness (QED) is 0.345. The molecule has 0 unspecified atom stereocenters. The van der Waals surface area contributed by atoms with E-state index in [9.17, 15) is 9.59 Å². The topological polar surface area (TPSA) is 75.5 Å². The minimum Gasteiger partial charge on any atom is -0.350 e. The highest BCUT2D eigenvalue weighted by Gasteiger charge is 2.19. The number of aromatic nitrogens is 1. The molecular formula is C26H24N4O2. The second kappa shape index (κ2) is 9.75. The molecule has 0 aliphatic rings. The highest BCUT2D eigenvalue weighted by molar-refractivity contribution is 5.99. The smallest absolute Gasteiger partial charge is 0.251 e. The molecule has 0 aliphatic heterocycles. The minimum atomic E-state index is -0.475. The van der Waals surface area contributed by atoms with Crippen molar-refractivity contribution in [2.75, 3.05) is 0 Å². The second-order valence-electron chi connectivity index (χ2n) is 7.51. The second-order valence-corrected chi connectivity index (χ2v) is 7.51. The molecule has 32 heavy (non-hydrogen) atoms. The van der Waals surface area contributed by atoms with Gasteiger partial charge in [-0.3, -0.25) is 9.59 Å². The van der Waals surface area contributed by atoms with E-state index >= 15 is 0 Å². The lowest BCUT2D eigenvalue weighted by molar-refractivity contribution is -0.121. The number of hydrogen-bond acceptors (Lipinski definition) is 3. The van der Waals surface area contributed by atoms with E-state index in [1.54, 1.807) is 30.5 Å². The number of carbonyl (C=O) groups excluding carboxylic acids is 2. The molecule has 0 saturated heterocycles. The zero-order chi connectivity index (χ0) is 22.3. The van der Waals surface area contributed by atoms with Gasteiger partial charge in [0.1, 0.15) is 0 Å². The molecule has 6 nitrogen and oxygen atoms in total.